The van der Waals surface area contributed by atoms with Crippen LogP contribution >= 0.6 is 0 Å². The van der Waals surface area contributed by atoms with Crippen LogP contribution < -0.4 is 9.47 Å². The van der Waals surface area contributed by atoms with Gasteiger partial charge in [-0.2, -0.15) is 4.80 Å². The summed E-state index contributed by atoms with van der Waals surface area (Å²) in [6.07, 6.45) is -4.84. The molecule has 1 aliphatic rings. The SMILES string of the molecule is Cn1nnc(-c2ccc(OC3=NO[C@@H](c4ccc(OC(F)(F)F)cc4)C3)cc2)n1. The van der Waals surface area contributed by atoms with Gasteiger partial charge in [-0.25, -0.2) is 0 Å². The first kappa shape index (κ1) is 18.7. The second-order valence-electron chi connectivity index (χ2n) is 6.13. The molecule has 0 bridgehead atoms. The van der Waals surface area contributed by atoms with Gasteiger partial charge >= 0.3 is 6.36 Å². The van der Waals surface area contributed by atoms with Crippen LogP contribution in [0.25, 0.3) is 11.4 Å². The molecule has 11 heteroatoms. The highest BCUT2D eigenvalue weighted by Gasteiger charge is 2.31. The van der Waals surface area contributed by atoms with E-state index < -0.39 is 12.5 Å². The zero-order valence-electron chi connectivity index (χ0n) is 15.0. The number of ether oxygens (including phenoxy) is 2. The standard InChI is InChI=1S/C18H14F3N5O3/c1-26-23-17(22-25-26)12-4-6-13(7-5-12)27-16-10-15(29-24-16)11-2-8-14(9-3-11)28-18(19,20)21/h2-9,15H,10H2,1H3/t15-/m1/s1. The number of tetrazole rings is 1. The number of aryl methyl sites for hydroxylation is 1. The second-order valence-corrected chi connectivity index (χ2v) is 6.13. The number of nitrogens with zero attached hydrogens (tertiary/aromatic N) is 5. The average molecular weight is 405 g/mol. The Balaban J connectivity index is 1.35. The molecule has 0 amide bonds. The Morgan fingerprint density at radius 2 is 1.72 bits per heavy atom. The van der Waals surface area contributed by atoms with Crippen molar-refractivity contribution in [3.8, 4) is 22.9 Å². The first-order valence-electron chi connectivity index (χ1n) is 8.46. The Morgan fingerprint density at radius 1 is 1.03 bits per heavy atom. The van der Waals surface area contributed by atoms with Crippen molar-refractivity contribution in [2.45, 2.75) is 18.9 Å². The van der Waals surface area contributed by atoms with Crippen LogP contribution in [0.2, 0.25) is 0 Å². The van der Waals surface area contributed by atoms with Crippen LogP contribution in [0.5, 0.6) is 11.5 Å². The van der Waals surface area contributed by atoms with Crippen molar-refractivity contribution in [1.82, 2.24) is 20.2 Å². The third kappa shape index (κ3) is 4.62. The summed E-state index contributed by atoms with van der Waals surface area (Å²) in [4.78, 5) is 6.70. The fourth-order valence-corrected chi connectivity index (χ4v) is 2.69. The number of aromatic nitrogens is 4. The van der Waals surface area contributed by atoms with Gasteiger partial charge in [-0.05, 0) is 47.2 Å². The molecule has 1 aliphatic heterocycles. The van der Waals surface area contributed by atoms with Crippen LogP contribution in [0.15, 0.2) is 53.7 Å². The highest BCUT2D eigenvalue weighted by Crippen LogP contribution is 2.31. The third-order valence-corrected chi connectivity index (χ3v) is 3.98. The topological polar surface area (TPSA) is 83.7 Å². The predicted octanol–water partition coefficient (Wildman–Crippen LogP) is 3.63. The van der Waals surface area contributed by atoms with Gasteiger partial charge in [-0.15, -0.1) is 23.4 Å². The van der Waals surface area contributed by atoms with E-state index in [4.69, 9.17) is 9.57 Å². The molecule has 0 saturated carbocycles. The molecule has 0 N–H and O–H groups in total. The zero-order chi connectivity index (χ0) is 20.4. The summed E-state index contributed by atoms with van der Waals surface area (Å²) in [5, 5.41) is 15.7. The Bertz CT molecular complexity index is 1020. The molecule has 29 heavy (non-hydrogen) atoms. The van der Waals surface area contributed by atoms with Crippen molar-refractivity contribution >= 4 is 5.90 Å². The summed E-state index contributed by atoms with van der Waals surface area (Å²) < 4.78 is 46.2. The van der Waals surface area contributed by atoms with Gasteiger partial charge in [0.2, 0.25) is 11.7 Å². The van der Waals surface area contributed by atoms with E-state index in [1.165, 1.54) is 29.1 Å². The largest absolute Gasteiger partial charge is 0.573 e. The Kier molecular flexibility index (Phi) is 4.79. The van der Waals surface area contributed by atoms with E-state index in [0.717, 1.165) is 5.56 Å². The van der Waals surface area contributed by atoms with Gasteiger partial charge in [0.15, 0.2) is 6.10 Å². The summed E-state index contributed by atoms with van der Waals surface area (Å²) in [7, 11) is 1.68. The maximum atomic E-state index is 12.2. The van der Waals surface area contributed by atoms with Crippen molar-refractivity contribution in [1.29, 1.82) is 0 Å². The van der Waals surface area contributed by atoms with Crippen molar-refractivity contribution in [3.05, 3.63) is 54.1 Å². The minimum atomic E-state index is -4.73. The first-order chi connectivity index (χ1) is 13.9. The first-order valence-corrected chi connectivity index (χ1v) is 8.46. The normalized spacial score (nSPS) is 16.3. The van der Waals surface area contributed by atoms with Crippen molar-refractivity contribution < 1.29 is 27.5 Å². The van der Waals surface area contributed by atoms with Gasteiger partial charge in [0, 0.05) is 5.56 Å². The molecule has 0 unspecified atom stereocenters. The third-order valence-electron chi connectivity index (χ3n) is 3.98. The number of alkyl halides is 3. The Morgan fingerprint density at radius 3 is 2.34 bits per heavy atom. The van der Waals surface area contributed by atoms with Crippen LogP contribution in [-0.2, 0) is 11.9 Å². The monoisotopic (exact) mass is 405 g/mol. The maximum Gasteiger partial charge on any atom is 0.573 e. The fourth-order valence-electron chi connectivity index (χ4n) is 2.69. The fraction of sp³-hybridized carbons (Fsp3) is 0.222. The van der Waals surface area contributed by atoms with Gasteiger partial charge < -0.3 is 14.3 Å². The predicted molar refractivity (Wildman–Crippen MR) is 93.9 cm³/mol. The molecule has 0 aliphatic carbocycles. The van der Waals surface area contributed by atoms with E-state index in [-0.39, 0.29) is 5.75 Å². The minimum absolute atomic E-state index is 0.297. The highest BCUT2D eigenvalue weighted by atomic mass is 19.4. The van der Waals surface area contributed by atoms with E-state index in [1.807, 2.05) is 0 Å². The van der Waals surface area contributed by atoms with E-state index in [9.17, 15) is 13.2 Å². The molecule has 4 rings (SSSR count). The summed E-state index contributed by atoms with van der Waals surface area (Å²) in [5.74, 6) is 1.11. The highest BCUT2D eigenvalue weighted by molar-refractivity contribution is 5.80. The van der Waals surface area contributed by atoms with E-state index >= 15 is 0 Å². The van der Waals surface area contributed by atoms with Gasteiger partial charge in [0.1, 0.15) is 11.5 Å². The molecule has 0 radical (unpaired) electrons. The molecular weight excluding hydrogens is 391 g/mol. The molecule has 0 fully saturated rings. The molecule has 0 saturated heterocycles. The second kappa shape index (κ2) is 7.41. The van der Waals surface area contributed by atoms with Crippen LogP contribution in [0.3, 0.4) is 0 Å². The van der Waals surface area contributed by atoms with E-state index in [0.29, 0.717) is 29.5 Å². The summed E-state index contributed by atoms with van der Waals surface area (Å²) >= 11 is 0. The quantitative estimate of drug-likeness (QED) is 0.659. The smallest absolute Gasteiger partial charge is 0.440 e. The van der Waals surface area contributed by atoms with Gasteiger partial charge in [-0.3, -0.25) is 0 Å². The van der Waals surface area contributed by atoms with Gasteiger partial charge in [0.05, 0.1) is 13.5 Å². The van der Waals surface area contributed by atoms with Crippen molar-refractivity contribution in [3.63, 3.8) is 0 Å². The Hall–Kier alpha value is -3.63. The molecule has 1 aromatic heterocycles. The number of rotatable bonds is 4. The summed E-state index contributed by atoms with van der Waals surface area (Å²) in [6, 6.07) is 12.5. The lowest BCUT2D eigenvalue weighted by Gasteiger charge is -2.11. The molecular formula is C18H14F3N5O3. The molecule has 3 aromatic rings. The lowest BCUT2D eigenvalue weighted by Crippen LogP contribution is -2.17. The maximum absolute atomic E-state index is 12.2. The van der Waals surface area contributed by atoms with Crippen LogP contribution in [-0.4, -0.2) is 32.5 Å². The van der Waals surface area contributed by atoms with Crippen LogP contribution in [0.4, 0.5) is 13.2 Å². The molecule has 0 spiro atoms. The van der Waals surface area contributed by atoms with Gasteiger partial charge in [0.25, 0.3) is 0 Å². The van der Waals surface area contributed by atoms with E-state index in [2.05, 4.69) is 25.3 Å². The summed E-state index contributed by atoms with van der Waals surface area (Å²) in [5.41, 5.74) is 1.44. The lowest BCUT2D eigenvalue weighted by atomic mass is 10.1. The van der Waals surface area contributed by atoms with Gasteiger partial charge in [-0.1, -0.05) is 17.3 Å². The molecule has 8 nitrogen and oxygen atoms in total. The average Bonchev–Trinajstić information content (AvgIpc) is 3.31. The van der Waals surface area contributed by atoms with Crippen LogP contribution in [0.1, 0.15) is 18.1 Å². The van der Waals surface area contributed by atoms with E-state index in [1.54, 1.807) is 31.3 Å². The molecule has 1 atom stereocenters. The number of hydrogen-bond donors (Lipinski definition) is 0. The zero-order valence-corrected chi connectivity index (χ0v) is 15.0. The molecule has 2 aromatic carbocycles. The number of oxime groups is 1. The van der Waals surface area contributed by atoms with Crippen molar-refractivity contribution in [2.75, 3.05) is 0 Å². The summed E-state index contributed by atoms with van der Waals surface area (Å²) in [6.45, 7) is 0. The molecule has 2 heterocycles. The number of halogens is 3. The van der Waals surface area contributed by atoms with Crippen LogP contribution in [0, 0.1) is 0 Å². The number of benzene rings is 2. The lowest BCUT2D eigenvalue weighted by molar-refractivity contribution is -0.274. The minimum Gasteiger partial charge on any atom is -0.440 e. The Labute approximate surface area is 162 Å². The number of hydrogen-bond acceptors (Lipinski definition) is 7. The van der Waals surface area contributed by atoms with Crippen molar-refractivity contribution in [2.24, 2.45) is 12.2 Å². The molecule has 150 valence electrons.